The van der Waals surface area contributed by atoms with Gasteiger partial charge < -0.3 is 15.0 Å². The van der Waals surface area contributed by atoms with Gasteiger partial charge >= 0.3 is 0 Å². The first-order valence-electron chi connectivity index (χ1n) is 7.26. The largest absolute Gasteiger partial charge is 0.381 e. The fraction of sp³-hybridized carbons (Fsp3) is 1.00. The van der Waals surface area contributed by atoms with Gasteiger partial charge in [0.1, 0.15) is 0 Å². The summed E-state index contributed by atoms with van der Waals surface area (Å²) in [7, 11) is 2.27. The van der Waals surface area contributed by atoms with Crippen molar-refractivity contribution in [3.05, 3.63) is 0 Å². The summed E-state index contributed by atoms with van der Waals surface area (Å²) in [4.78, 5) is 2.53. The predicted molar refractivity (Wildman–Crippen MR) is 73.4 cm³/mol. The van der Waals surface area contributed by atoms with Gasteiger partial charge in [0, 0.05) is 25.7 Å². The Balaban J connectivity index is 2.31. The second kappa shape index (κ2) is 8.90. The van der Waals surface area contributed by atoms with Crippen molar-refractivity contribution in [3.63, 3.8) is 0 Å². The summed E-state index contributed by atoms with van der Waals surface area (Å²) >= 11 is 0. The number of hydrogen-bond acceptors (Lipinski definition) is 3. The van der Waals surface area contributed by atoms with E-state index in [1.54, 1.807) is 0 Å². The van der Waals surface area contributed by atoms with Crippen LogP contribution < -0.4 is 5.32 Å². The molecule has 2 atom stereocenters. The summed E-state index contributed by atoms with van der Waals surface area (Å²) in [6.07, 6.45) is 5.13. The lowest BCUT2D eigenvalue weighted by Crippen LogP contribution is -2.43. The van der Waals surface area contributed by atoms with Crippen molar-refractivity contribution < 1.29 is 4.74 Å². The minimum absolute atomic E-state index is 0.682. The topological polar surface area (TPSA) is 24.5 Å². The standard InChI is InChI=1S/C14H30N2O/c1-4-7-14(10-15-5-2)16(3)11-13-8-6-9-17-12-13/h13-15H,4-12H2,1-3H3. The maximum Gasteiger partial charge on any atom is 0.0506 e. The van der Waals surface area contributed by atoms with Gasteiger partial charge in [-0.2, -0.15) is 0 Å². The van der Waals surface area contributed by atoms with Crippen LogP contribution in [0.15, 0.2) is 0 Å². The van der Waals surface area contributed by atoms with E-state index in [4.69, 9.17) is 4.74 Å². The SMILES string of the molecule is CCCC(CNCC)N(C)CC1CCCOC1. The highest BCUT2D eigenvalue weighted by Crippen LogP contribution is 2.16. The Labute approximate surface area is 107 Å². The highest BCUT2D eigenvalue weighted by molar-refractivity contribution is 4.75. The zero-order valence-electron chi connectivity index (χ0n) is 11.9. The van der Waals surface area contributed by atoms with Gasteiger partial charge in [-0.1, -0.05) is 20.3 Å². The van der Waals surface area contributed by atoms with Crippen molar-refractivity contribution >= 4 is 0 Å². The van der Waals surface area contributed by atoms with Gasteiger partial charge in [0.25, 0.3) is 0 Å². The maximum absolute atomic E-state index is 5.56. The second-order valence-electron chi connectivity index (χ2n) is 5.27. The molecule has 3 heteroatoms. The van der Waals surface area contributed by atoms with E-state index in [0.29, 0.717) is 6.04 Å². The average Bonchev–Trinajstić information content (AvgIpc) is 2.35. The van der Waals surface area contributed by atoms with Crippen LogP contribution in [0, 0.1) is 5.92 Å². The molecule has 1 fully saturated rings. The Hall–Kier alpha value is -0.120. The number of hydrogen-bond donors (Lipinski definition) is 1. The molecule has 1 saturated heterocycles. The summed E-state index contributed by atoms with van der Waals surface area (Å²) < 4.78 is 5.56. The Morgan fingerprint density at radius 1 is 1.41 bits per heavy atom. The van der Waals surface area contributed by atoms with Gasteiger partial charge in [-0.25, -0.2) is 0 Å². The van der Waals surface area contributed by atoms with E-state index in [0.717, 1.165) is 32.2 Å². The quantitative estimate of drug-likeness (QED) is 0.705. The van der Waals surface area contributed by atoms with E-state index < -0.39 is 0 Å². The molecule has 1 heterocycles. The number of likely N-dealkylation sites (N-methyl/N-ethyl adjacent to an activating group) is 2. The molecule has 0 aliphatic carbocycles. The molecule has 1 aliphatic rings. The van der Waals surface area contributed by atoms with Crippen LogP contribution in [0.4, 0.5) is 0 Å². The molecule has 0 amide bonds. The lowest BCUT2D eigenvalue weighted by molar-refractivity contribution is 0.0355. The zero-order chi connectivity index (χ0) is 12.5. The molecule has 0 aromatic heterocycles. The summed E-state index contributed by atoms with van der Waals surface area (Å²) in [5, 5.41) is 3.48. The van der Waals surface area contributed by atoms with Crippen molar-refractivity contribution in [2.45, 2.75) is 45.6 Å². The fourth-order valence-electron chi connectivity index (χ4n) is 2.63. The second-order valence-corrected chi connectivity index (χ2v) is 5.27. The first-order valence-corrected chi connectivity index (χ1v) is 7.26. The Kier molecular flexibility index (Phi) is 7.82. The highest BCUT2D eigenvalue weighted by Gasteiger charge is 2.20. The first-order chi connectivity index (χ1) is 8.27. The maximum atomic E-state index is 5.56. The molecule has 0 radical (unpaired) electrons. The van der Waals surface area contributed by atoms with Crippen molar-refractivity contribution in [2.24, 2.45) is 5.92 Å². The molecular formula is C14H30N2O. The van der Waals surface area contributed by atoms with Gasteiger partial charge in [0.2, 0.25) is 0 Å². The molecule has 0 spiro atoms. The van der Waals surface area contributed by atoms with Gasteiger partial charge in [0.05, 0.1) is 6.61 Å². The van der Waals surface area contributed by atoms with Crippen LogP contribution in [0.5, 0.6) is 0 Å². The van der Waals surface area contributed by atoms with Crippen LogP contribution >= 0.6 is 0 Å². The third kappa shape index (κ3) is 5.84. The molecule has 2 unspecified atom stereocenters. The van der Waals surface area contributed by atoms with Crippen LogP contribution in [-0.2, 0) is 4.74 Å². The van der Waals surface area contributed by atoms with E-state index in [1.165, 1.54) is 32.2 Å². The van der Waals surface area contributed by atoms with E-state index in [2.05, 4.69) is 31.1 Å². The molecule has 0 saturated carbocycles. The van der Waals surface area contributed by atoms with Crippen LogP contribution in [0.2, 0.25) is 0 Å². The van der Waals surface area contributed by atoms with E-state index in [1.807, 2.05) is 0 Å². The summed E-state index contributed by atoms with van der Waals surface area (Å²) in [6.45, 7) is 9.76. The highest BCUT2D eigenvalue weighted by atomic mass is 16.5. The van der Waals surface area contributed by atoms with Crippen molar-refractivity contribution in [2.75, 3.05) is 39.9 Å². The molecule has 102 valence electrons. The van der Waals surface area contributed by atoms with E-state index >= 15 is 0 Å². The van der Waals surface area contributed by atoms with Gasteiger partial charge in [-0.3, -0.25) is 0 Å². The van der Waals surface area contributed by atoms with Crippen LogP contribution in [-0.4, -0.2) is 50.8 Å². The zero-order valence-corrected chi connectivity index (χ0v) is 11.9. The van der Waals surface area contributed by atoms with Crippen LogP contribution in [0.1, 0.15) is 39.5 Å². The van der Waals surface area contributed by atoms with Crippen molar-refractivity contribution in [1.29, 1.82) is 0 Å². The monoisotopic (exact) mass is 242 g/mol. The predicted octanol–water partition coefficient (Wildman–Crippen LogP) is 2.12. The number of nitrogens with zero attached hydrogens (tertiary/aromatic N) is 1. The summed E-state index contributed by atoms with van der Waals surface area (Å²) in [5.74, 6) is 0.745. The molecule has 3 nitrogen and oxygen atoms in total. The Morgan fingerprint density at radius 2 is 2.24 bits per heavy atom. The molecule has 1 N–H and O–H groups in total. The summed E-state index contributed by atoms with van der Waals surface area (Å²) in [6, 6.07) is 0.682. The molecule has 1 rings (SSSR count). The minimum Gasteiger partial charge on any atom is -0.381 e. The molecule has 17 heavy (non-hydrogen) atoms. The minimum atomic E-state index is 0.682. The lowest BCUT2D eigenvalue weighted by Gasteiger charge is -2.33. The third-order valence-electron chi connectivity index (χ3n) is 3.68. The third-order valence-corrected chi connectivity index (χ3v) is 3.68. The smallest absolute Gasteiger partial charge is 0.0506 e. The van der Waals surface area contributed by atoms with Crippen molar-refractivity contribution in [3.8, 4) is 0 Å². The lowest BCUT2D eigenvalue weighted by atomic mass is 10.0. The normalized spacial score (nSPS) is 22.9. The number of rotatable bonds is 8. The Bertz CT molecular complexity index is 181. The van der Waals surface area contributed by atoms with Crippen molar-refractivity contribution in [1.82, 2.24) is 10.2 Å². The van der Waals surface area contributed by atoms with Gasteiger partial charge in [-0.05, 0) is 38.8 Å². The molecule has 0 aromatic carbocycles. The Morgan fingerprint density at radius 3 is 2.82 bits per heavy atom. The number of ether oxygens (including phenoxy) is 1. The van der Waals surface area contributed by atoms with Gasteiger partial charge in [0.15, 0.2) is 0 Å². The van der Waals surface area contributed by atoms with Crippen LogP contribution in [0.3, 0.4) is 0 Å². The average molecular weight is 242 g/mol. The number of nitrogens with one attached hydrogen (secondary N) is 1. The molecular weight excluding hydrogens is 212 g/mol. The molecule has 0 bridgehead atoms. The van der Waals surface area contributed by atoms with Crippen LogP contribution in [0.25, 0.3) is 0 Å². The molecule has 0 aromatic rings. The van der Waals surface area contributed by atoms with E-state index in [9.17, 15) is 0 Å². The molecule has 1 aliphatic heterocycles. The van der Waals surface area contributed by atoms with Gasteiger partial charge in [-0.15, -0.1) is 0 Å². The fourth-order valence-corrected chi connectivity index (χ4v) is 2.63. The van der Waals surface area contributed by atoms with E-state index in [-0.39, 0.29) is 0 Å². The summed E-state index contributed by atoms with van der Waals surface area (Å²) in [5.41, 5.74) is 0. The first kappa shape index (κ1) is 14.9.